The van der Waals surface area contributed by atoms with Crippen molar-refractivity contribution in [2.45, 2.75) is 6.04 Å². The summed E-state index contributed by atoms with van der Waals surface area (Å²) in [5, 5.41) is 4.41. The number of nitrogens with zero attached hydrogens (tertiary/aromatic N) is 1. The van der Waals surface area contributed by atoms with Gasteiger partial charge in [0.15, 0.2) is 6.04 Å². The van der Waals surface area contributed by atoms with Crippen molar-refractivity contribution in [2.24, 2.45) is 4.99 Å². The van der Waals surface area contributed by atoms with Crippen molar-refractivity contribution >= 4 is 46.3 Å². The molecular weight excluding hydrogens is 549 g/mol. The van der Waals surface area contributed by atoms with Gasteiger partial charge in [0.25, 0.3) is 0 Å². The maximum Gasteiger partial charge on any atom is 0.633 e. The second-order valence-electron chi connectivity index (χ2n) is 10.5. The molecule has 0 spiro atoms. The fourth-order valence-electron chi connectivity index (χ4n) is 5.78. The lowest BCUT2D eigenvalue weighted by Gasteiger charge is -2.17. The Bertz CT molecular complexity index is 1950. The number of esters is 1. The molecule has 1 heterocycles. The number of benzene rings is 6. The second-order valence-corrected chi connectivity index (χ2v) is 10.5. The molecule has 6 aromatic rings. The highest BCUT2D eigenvalue weighted by Gasteiger charge is 2.35. The summed E-state index contributed by atoms with van der Waals surface area (Å²) in [4.78, 5) is 17.5. The van der Waals surface area contributed by atoms with E-state index >= 15 is 0 Å². The minimum absolute atomic E-state index is 0.465. The molecule has 0 unspecified atom stereocenters. The largest absolute Gasteiger partial charge is 0.633 e. The van der Waals surface area contributed by atoms with Gasteiger partial charge in [-0.3, -0.25) is 4.99 Å². The van der Waals surface area contributed by atoms with Gasteiger partial charge in [0.1, 0.15) is 17.2 Å². The summed E-state index contributed by atoms with van der Waals surface area (Å²) in [5.41, 5.74) is 4.21. The number of aliphatic imine (C=N–C) groups is 1. The van der Waals surface area contributed by atoms with E-state index in [1.54, 1.807) is 25.5 Å². The predicted molar refractivity (Wildman–Crippen MR) is 175 cm³/mol. The third-order valence-corrected chi connectivity index (χ3v) is 7.97. The summed E-state index contributed by atoms with van der Waals surface area (Å²) < 4.78 is 23.8. The van der Waals surface area contributed by atoms with E-state index in [0.29, 0.717) is 11.3 Å². The average molecular weight is 577 g/mol. The van der Waals surface area contributed by atoms with Gasteiger partial charge in [-0.1, -0.05) is 97.1 Å². The molecule has 1 aliphatic heterocycles. The number of hydrogen-bond acceptors (Lipinski definition) is 6. The van der Waals surface area contributed by atoms with Crippen LogP contribution in [0.5, 0.6) is 17.2 Å². The molecule has 0 radical (unpaired) electrons. The number of hydrogen-bond donors (Lipinski definition) is 0. The van der Waals surface area contributed by atoms with E-state index in [0.717, 1.165) is 55.2 Å². The third-order valence-electron chi connectivity index (χ3n) is 7.97. The average Bonchev–Trinajstić information content (AvgIpc) is 3.26. The standard InChI is InChI=1S/C37H28BNO5/c1-41-28-19-15-26(16-20-28)36(37(40)42-2)39-23-27-11-5-8-14-31(27)38-43-32-21-17-24-9-3-6-12-29(24)34(32)35-30-13-7-4-10-25(30)18-22-33(35)44-38/h3-23,36H,1-2H3/t36-/m0/s1. The number of methoxy groups -OCH3 is 2. The van der Waals surface area contributed by atoms with Gasteiger partial charge in [-0.05, 0) is 56.9 Å². The zero-order valence-electron chi connectivity index (χ0n) is 24.3. The van der Waals surface area contributed by atoms with Crippen molar-refractivity contribution in [1.82, 2.24) is 0 Å². The lowest BCUT2D eigenvalue weighted by molar-refractivity contribution is -0.142. The number of rotatable bonds is 6. The van der Waals surface area contributed by atoms with Gasteiger partial charge < -0.3 is 18.8 Å². The monoisotopic (exact) mass is 577 g/mol. The molecule has 0 saturated heterocycles. The minimum atomic E-state index is -0.853. The van der Waals surface area contributed by atoms with E-state index in [1.807, 2.05) is 72.8 Å². The lowest BCUT2D eigenvalue weighted by Crippen LogP contribution is -2.44. The van der Waals surface area contributed by atoms with Gasteiger partial charge in [0, 0.05) is 22.8 Å². The van der Waals surface area contributed by atoms with Crippen LogP contribution < -0.4 is 19.5 Å². The van der Waals surface area contributed by atoms with Gasteiger partial charge in [0.05, 0.1) is 14.2 Å². The first-order valence-electron chi connectivity index (χ1n) is 14.4. The van der Waals surface area contributed by atoms with Crippen molar-refractivity contribution < 1.29 is 23.6 Å². The Morgan fingerprint density at radius 1 is 0.705 bits per heavy atom. The van der Waals surface area contributed by atoms with Crippen LogP contribution in [0.15, 0.2) is 126 Å². The van der Waals surface area contributed by atoms with E-state index in [-0.39, 0.29) is 0 Å². The molecule has 0 aromatic heterocycles. The molecule has 6 aromatic carbocycles. The Morgan fingerprint density at radius 3 is 1.86 bits per heavy atom. The molecule has 44 heavy (non-hydrogen) atoms. The van der Waals surface area contributed by atoms with E-state index in [9.17, 15) is 4.79 Å². The summed E-state index contributed by atoms with van der Waals surface area (Å²) in [6.07, 6.45) is 1.68. The summed E-state index contributed by atoms with van der Waals surface area (Å²) in [6.45, 7) is 0. The first kappa shape index (κ1) is 27.3. The number of ether oxygens (including phenoxy) is 2. The SMILES string of the molecule is COC(=O)[C@@H](N=Cc1ccccc1B1Oc2ccc3ccccc3c2-c2c(ccc3ccccc23)O1)c1ccc(OC)cc1. The molecule has 6 nitrogen and oxygen atoms in total. The highest BCUT2D eigenvalue weighted by Crippen LogP contribution is 2.47. The number of fused-ring (bicyclic) bond motifs is 7. The van der Waals surface area contributed by atoms with Gasteiger partial charge in [-0.25, -0.2) is 4.79 Å². The number of carbonyl (C=O) groups is 1. The lowest BCUT2D eigenvalue weighted by atomic mass is 9.75. The topological polar surface area (TPSA) is 66.4 Å². The van der Waals surface area contributed by atoms with Crippen molar-refractivity contribution in [3.8, 4) is 28.4 Å². The molecule has 1 atom stereocenters. The summed E-state index contributed by atoms with van der Waals surface area (Å²) in [5.74, 6) is 1.67. The van der Waals surface area contributed by atoms with Crippen LogP contribution in [-0.4, -0.2) is 33.5 Å². The fourth-order valence-corrected chi connectivity index (χ4v) is 5.78. The van der Waals surface area contributed by atoms with Gasteiger partial charge in [-0.15, -0.1) is 0 Å². The Hall–Kier alpha value is -5.56. The number of carbonyl (C=O) groups excluding carboxylic acids is 1. The predicted octanol–water partition coefficient (Wildman–Crippen LogP) is 7.17. The molecule has 0 fully saturated rings. The quantitative estimate of drug-likeness (QED) is 0.119. The van der Waals surface area contributed by atoms with Gasteiger partial charge >= 0.3 is 13.1 Å². The van der Waals surface area contributed by atoms with E-state index in [2.05, 4.69) is 41.4 Å². The highest BCUT2D eigenvalue weighted by molar-refractivity contribution is 6.64. The zero-order chi connectivity index (χ0) is 30.0. The second kappa shape index (κ2) is 11.6. The molecule has 1 aliphatic rings. The van der Waals surface area contributed by atoms with Crippen molar-refractivity contribution in [3.63, 3.8) is 0 Å². The van der Waals surface area contributed by atoms with E-state index in [4.69, 9.17) is 18.8 Å². The molecule has 7 heteroatoms. The molecular formula is C37H28BNO5. The normalized spacial score (nSPS) is 13.0. The zero-order valence-corrected chi connectivity index (χ0v) is 24.3. The summed E-state index contributed by atoms with van der Waals surface area (Å²) in [7, 11) is 2.18. The Labute approximate surface area is 255 Å². The first-order valence-corrected chi connectivity index (χ1v) is 14.4. The van der Waals surface area contributed by atoms with E-state index in [1.165, 1.54) is 7.11 Å². The van der Waals surface area contributed by atoms with Crippen LogP contribution >= 0.6 is 0 Å². The maximum atomic E-state index is 12.8. The molecule has 0 amide bonds. The Kier molecular flexibility index (Phi) is 7.20. The summed E-state index contributed by atoms with van der Waals surface area (Å²) in [6, 6.07) is 38.9. The van der Waals surface area contributed by atoms with Crippen LogP contribution in [0.2, 0.25) is 0 Å². The van der Waals surface area contributed by atoms with Crippen LogP contribution in [0.1, 0.15) is 17.2 Å². The molecule has 0 saturated carbocycles. The van der Waals surface area contributed by atoms with Crippen molar-refractivity contribution in [1.29, 1.82) is 0 Å². The van der Waals surface area contributed by atoms with Crippen LogP contribution in [0.3, 0.4) is 0 Å². The smallest absolute Gasteiger partial charge is 0.521 e. The molecule has 0 N–H and O–H groups in total. The fraction of sp³-hybridized carbons (Fsp3) is 0.0811. The molecule has 214 valence electrons. The van der Waals surface area contributed by atoms with E-state index < -0.39 is 19.1 Å². The summed E-state index contributed by atoms with van der Waals surface area (Å²) >= 11 is 0. The van der Waals surface area contributed by atoms with Gasteiger partial charge in [-0.2, -0.15) is 0 Å². The molecule has 0 bridgehead atoms. The van der Waals surface area contributed by atoms with Crippen molar-refractivity contribution in [3.05, 3.63) is 132 Å². The Morgan fingerprint density at radius 2 is 1.27 bits per heavy atom. The Balaban J connectivity index is 1.34. The first-order chi connectivity index (χ1) is 21.6. The third kappa shape index (κ3) is 4.92. The molecule has 7 rings (SSSR count). The van der Waals surface area contributed by atoms with Gasteiger partial charge in [0.2, 0.25) is 0 Å². The van der Waals surface area contributed by atoms with Crippen LogP contribution in [0.25, 0.3) is 32.7 Å². The van der Waals surface area contributed by atoms with Crippen molar-refractivity contribution in [2.75, 3.05) is 14.2 Å². The maximum absolute atomic E-state index is 12.8. The minimum Gasteiger partial charge on any atom is -0.521 e. The van der Waals surface area contributed by atoms with Crippen LogP contribution in [0.4, 0.5) is 0 Å². The molecule has 0 aliphatic carbocycles. The van der Waals surface area contributed by atoms with Crippen LogP contribution in [0, 0.1) is 0 Å². The highest BCUT2D eigenvalue weighted by atomic mass is 16.6. The van der Waals surface area contributed by atoms with Crippen LogP contribution in [-0.2, 0) is 9.53 Å².